The monoisotopic (exact) mass is 564 g/mol. The molecule has 3 aliphatic heterocycles. The van der Waals surface area contributed by atoms with Crippen molar-refractivity contribution in [1.29, 1.82) is 0 Å². The highest BCUT2D eigenvalue weighted by atomic mass is 32.2. The van der Waals surface area contributed by atoms with E-state index >= 15 is 0 Å². The number of carbonyl (C=O) groups is 3. The number of carbonyl (C=O) groups excluding carboxylic acids is 3. The summed E-state index contributed by atoms with van der Waals surface area (Å²) in [6.45, 7) is 2.71. The van der Waals surface area contributed by atoms with Crippen LogP contribution in [0.2, 0.25) is 0 Å². The number of para-hydroxylation sites is 1. The summed E-state index contributed by atoms with van der Waals surface area (Å²) in [5, 5.41) is 23.7. The van der Waals surface area contributed by atoms with Crippen molar-refractivity contribution in [2.75, 3.05) is 25.1 Å². The van der Waals surface area contributed by atoms with Crippen LogP contribution in [-0.4, -0.2) is 78.5 Å². The number of benzene rings is 2. The molecule has 3 aliphatic rings. The van der Waals surface area contributed by atoms with Gasteiger partial charge in [-0.1, -0.05) is 17.3 Å². The Labute approximate surface area is 235 Å². The normalized spacial score (nSPS) is 26.8. The first-order chi connectivity index (χ1) is 19.5. The van der Waals surface area contributed by atoms with Gasteiger partial charge in [-0.25, -0.2) is 4.68 Å². The summed E-state index contributed by atoms with van der Waals surface area (Å²) in [7, 11) is 0. The summed E-state index contributed by atoms with van der Waals surface area (Å²) in [4.78, 5) is 42.9. The van der Waals surface area contributed by atoms with Gasteiger partial charge in [0.1, 0.15) is 24.0 Å². The predicted octanol–water partition coefficient (Wildman–Crippen LogP) is 2.02. The number of thioether (sulfide) groups is 1. The Morgan fingerprint density at radius 2 is 1.98 bits per heavy atom. The van der Waals surface area contributed by atoms with Gasteiger partial charge < -0.3 is 25.4 Å². The second kappa shape index (κ2) is 10.7. The van der Waals surface area contributed by atoms with Gasteiger partial charge in [-0.15, -0.1) is 16.9 Å². The van der Waals surface area contributed by atoms with Crippen LogP contribution in [-0.2, 0) is 21.1 Å². The zero-order chi connectivity index (χ0) is 27.9. The second-order valence-electron chi connectivity index (χ2n) is 10.4. The van der Waals surface area contributed by atoms with Crippen LogP contribution in [0.4, 0.5) is 5.69 Å². The molecule has 0 aliphatic carbocycles. The van der Waals surface area contributed by atoms with Gasteiger partial charge in [0.05, 0.1) is 28.7 Å². The predicted molar refractivity (Wildman–Crippen MR) is 149 cm³/mol. The summed E-state index contributed by atoms with van der Waals surface area (Å²) >= 11 is 1.61. The molecule has 0 saturated carbocycles. The van der Waals surface area contributed by atoms with Crippen molar-refractivity contribution in [2.45, 2.75) is 48.9 Å². The largest absolute Gasteiger partial charge is 0.494 e. The number of hydrogen-bond acceptors (Lipinski definition) is 8. The van der Waals surface area contributed by atoms with Crippen molar-refractivity contribution in [3.05, 3.63) is 48.5 Å². The third-order valence-corrected chi connectivity index (χ3v) is 10.1. The van der Waals surface area contributed by atoms with Gasteiger partial charge in [-0.2, -0.15) is 0 Å². The molecule has 3 aromatic rings. The Morgan fingerprint density at radius 3 is 2.75 bits per heavy atom. The molecule has 2 aromatic carbocycles. The van der Waals surface area contributed by atoms with Crippen LogP contribution in [0.1, 0.15) is 26.2 Å². The van der Waals surface area contributed by atoms with E-state index in [0.29, 0.717) is 30.9 Å². The molecule has 3 N–H and O–H groups in total. The number of likely N-dealkylation sites (tertiary alicyclic amines) is 1. The Morgan fingerprint density at radius 1 is 1.18 bits per heavy atom. The molecule has 2 bridgehead atoms. The number of rotatable bonds is 10. The summed E-state index contributed by atoms with van der Waals surface area (Å²) in [5.74, 6) is -1.13. The number of aromatic nitrogens is 3. The summed E-state index contributed by atoms with van der Waals surface area (Å²) < 4.78 is 6.40. The number of hydrogen-bond donors (Lipinski definition) is 3. The zero-order valence-corrected chi connectivity index (χ0v) is 23.0. The average Bonchev–Trinajstić information content (AvgIpc) is 3.71. The number of aliphatic hydroxyl groups is 1. The van der Waals surface area contributed by atoms with Crippen molar-refractivity contribution in [3.63, 3.8) is 0 Å². The molecule has 2 unspecified atom stereocenters. The van der Waals surface area contributed by atoms with E-state index < -0.39 is 22.6 Å². The fraction of sp³-hybridized carbons (Fsp3) is 0.464. The fourth-order valence-electron chi connectivity index (χ4n) is 6.55. The maximum absolute atomic E-state index is 13.9. The molecule has 3 amide bonds. The van der Waals surface area contributed by atoms with Crippen LogP contribution in [0.3, 0.4) is 0 Å². The molecule has 11 nitrogen and oxygen atoms in total. The third kappa shape index (κ3) is 4.39. The molecule has 210 valence electrons. The molecule has 3 fully saturated rings. The van der Waals surface area contributed by atoms with Gasteiger partial charge in [0, 0.05) is 24.1 Å². The van der Waals surface area contributed by atoms with Crippen molar-refractivity contribution in [1.82, 2.24) is 25.2 Å². The number of amides is 3. The van der Waals surface area contributed by atoms with Crippen molar-refractivity contribution >= 4 is 46.2 Å². The fourth-order valence-corrected chi connectivity index (χ4v) is 8.77. The highest BCUT2D eigenvalue weighted by Crippen LogP contribution is 2.66. The minimum absolute atomic E-state index is 0.0498. The standard InChI is InChI=1S/C28H32N6O5S/c1-2-39-18-10-8-17(9-11-18)30-25(36)22-21-12-13-28(40-21)23(22)27(38)33(14-5-15-35)24(28)26(37)29-16-34-20-7-4-3-6-19(20)31-32-34/h3-4,6-11,21-24,35H,2,5,12-16H2,1H3,(H,29,37)(H,30,36)/t21-,22+,23-,24?,28?/m0/s1. The summed E-state index contributed by atoms with van der Waals surface area (Å²) in [6, 6.07) is 13.9. The Kier molecular flexibility index (Phi) is 7.13. The van der Waals surface area contributed by atoms with E-state index in [4.69, 9.17) is 4.74 Å². The lowest BCUT2D eigenvalue weighted by Crippen LogP contribution is -2.54. The number of anilines is 1. The number of fused-ring (bicyclic) bond motifs is 2. The first-order valence-corrected chi connectivity index (χ1v) is 14.5. The molecule has 40 heavy (non-hydrogen) atoms. The van der Waals surface area contributed by atoms with Crippen LogP contribution >= 0.6 is 11.8 Å². The molecule has 12 heteroatoms. The van der Waals surface area contributed by atoms with Gasteiger partial charge in [0.2, 0.25) is 17.7 Å². The van der Waals surface area contributed by atoms with Gasteiger partial charge in [-0.05, 0) is 62.6 Å². The van der Waals surface area contributed by atoms with Gasteiger partial charge in [-0.3, -0.25) is 14.4 Å². The third-order valence-electron chi connectivity index (χ3n) is 8.16. The number of nitrogens with zero attached hydrogens (tertiary/aromatic N) is 4. The highest BCUT2D eigenvalue weighted by molar-refractivity contribution is 8.02. The minimum Gasteiger partial charge on any atom is -0.494 e. The van der Waals surface area contributed by atoms with Crippen LogP contribution in [0, 0.1) is 11.8 Å². The second-order valence-corrected chi connectivity index (χ2v) is 12.0. The van der Waals surface area contributed by atoms with E-state index in [1.165, 1.54) is 0 Å². The zero-order valence-electron chi connectivity index (χ0n) is 22.2. The Balaban J connectivity index is 1.24. The highest BCUT2D eigenvalue weighted by Gasteiger charge is 2.73. The Hall–Kier alpha value is -3.64. The van der Waals surface area contributed by atoms with Crippen LogP contribution < -0.4 is 15.4 Å². The average molecular weight is 565 g/mol. The van der Waals surface area contributed by atoms with Crippen LogP contribution in [0.5, 0.6) is 5.75 Å². The van der Waals surface area contributed by atoms with Crippen molar-refractivity contribution in [3.8, 4) is 5.75 Å². The van der Waals surface area contributed by atoms with E-state index in [1.807, 2.05) is 31.2 Å². The molecule has 3 saturated heterocycles. The molecular formula is C28H32N6O5S. The van der Waals surface area contributed by atoms with Crippen molar-refractivity contribution in [2.24, 2.45) is 11.8 Å². The molecule has 6 rings (SSSR count). The lowest BCUT2D eigenvalue weighted by atomic mass is 9.70. The molecule has 4 heterocycles. The SMILES string of the molecule is CCOc1ccc(NC(=O)[C@@H]2[C@@H]3CCC4(S3)C(C(=O)NCn3nnc5ccccc53)N(CCCO)C(=O)[C@H]24)cc1. The molecule has 1 spiro atoms. The van der Waals surface area contributed by atoms with Crippen LogP contribution in [0.15, 0.2) is 48.5 Å². The lowest BCUT2D eigenvalue weighted by molar-refractivity contribution is -0.139. The summed E-state index contributed by atoms with van der Waals surface area (Å²) in [5.41, 5.74) is 2.15. The molecular weight excluding hydrogens is 532 g/mol. The Bertz CT molecular complexity index is 1430. The molecule has 5 atom stereocenters. The van der Waals surface area contributed by atoms with E-state index in [0.717, 1.165) is 17.5 Å². The summed E-state index contributed by atoms with van der Waals surface area (Å²) in [6.07, 6.45) is 1.77. The number of ether oxygens (including phenoxy) is 1. The van der Waals surface area contributed by atoms with Crippen molar-refractivity contribution < 1.29 is 24.2 Å². The van der Waals surface area contributed by atoms with E-state index in [-0.39, 0.29) is 42.8 Å². The smallest absolute Gasteiger partial charge is 0.245 e. The van der Waals surface area contributed by atoms with E-state index in [9.17, 15) is 19.5 Å². The molecule has 0 radical (unpaired) electrons. The lowest BCUT2D eigenvalue weighted by Gasteiger charge is -2.34. The van der Waals surface area contributed by atoms with E-state index in [2.05, 4.69) is 20.9 Å². The van der Waals surface area contributed by atoms with Gasteiger partial charge >= 0.3 is 0 Å². The van der Waals surface area contributed by atoms with E-state index in [1.54, 1.807) is 45.6 Å². The maximum atomic E-state index is 13.9. The quantitative estimate of drug-likeness (QED) is 0.340. The topological polar surface area (TPSA) is 139 Å². The first kappa shape index (κ1) is 26.6. The van der Waals surface area contributed by atoms with Crippen LogP contribution in [0.25, 0.3) is 11.0 Å². The number of aliphatic hydroxyl groups excluding tert-OH is 1. The van der Waals surface area contributed by atoms with Gasteiger partial charge in [0.25, 0.3) is 0 Å². The minimum atomic E-state index is -0.746. The first-order valence-electron chi connectivity index (χ1n) is 13.7. The molecule has 1 aromatic heterocycles. The van der Waals surface area contributed by atoms with Gasteiger partial charge in [0.15, 0.2) is 0 Å². The maximum Gasteiger partial charge on any atom is 0.245 e. The number of nitrogens with one attached hydrogen (secondary N) is 2.